The van der Waals surface area contributed by atoms with Gasteiger partial charge in [-0.1, -0.05) is 11.6 Å². The van der Waals surface area contributed by atoms with Gasteiger partial charge in [0.15, 0.2) is 0 Å². The van der Waals surface area contributed by atoms with Gasteiger partial charge in [0.1, 0.15) is 5.82 Å². The fraction of sp³-hybridized carbons (Fsp3) is 0.375. The Morgan fingerprint density at radius 2 is 1.59 bits per heavy atom. The molecule has 0 bridgehead atoms. The van der Waals surface area contributed by atoms with E-state index in [1.807, 2.05) is 33.8 Å². The van der Waals surface area contributed by atoms with Crippen LogP contribution >= 0.6 is 11.6 Å². The Bertz CT molecular complexity index is 1250. The summed E-state index contributed by atoms with van der Waals surface area (Å²) in [5, 5.41) is 4.66. The van der Waals surface area contributed by atoms with E-state index >= 15 is 0 Å². The summed E-state index contributed by atoms with van der Waals surface area (Å²) in [7, 11) is 0. The van der Waals surface area contributed by atoms with Crippen molar-refractivity contribution in [2.24, 2.45) is 0 Å². The van der Waals surface area contributed by atoms with Crippen molar-refractivity contribution >= 4 is 23.4 Å². The van der Waals surface area contributed by atoms with Crippen LogP contribution in [-0.2, 0) is 11.2 Å². The fourth-order valence-corrected chi connectivity index (χ4v) is 4.43. The highest BCUT2D eigenvalue weighted by Crippen LogP contribution is 2.21. The number of carbonyl (C=O) groups excluding carboxylic acids is 2. The van der Waals surface area contributed by atoms with E-state index in [0.717, 1.165) is 34.4 Å². The third kappa shape index (κ3) is 4.79. The van der Waals surface area contributed by atoms with Crippen LogP contribution in [0.4, 0.5) is 4.39 Å². The summed E-state index contributed by atoms with van der Waals surface area (Å²) in [6, 6.07) is 5.63. The Morgan fingerprint density at radius 1 is 0.971 bits per heavy atom. The van der Waals surface area contributed by atoms with Crippen LogP contribution in [0.25, 0.3) is 5.95 Å². The van der Waals surface area contributed by atoms with Crippen LogP contribution in [0.3, 0.4) is 0 Å². The first-order valence-corrected chi connectivity index (χ1v) is 11.4. The second-order valence-electron chi connectivity index (χ2n) is 8.49. The van der Waals surface area contributed by atoms with Gasteiger partial charge >= 0.3 is 0 Å². The van der Waals surface area contributed by atoms with Crippen LogP contribution < -0.4 is 0 Å². The van der Waals surface area contributed by atoms with E-state index in [1.165, 1.54) is 12.1 Å². The van der Waals surface area contributed by atoms with Crippen molar-refractivity contribution < 1.29 is 14.0 Å². The van der Waals surface area contributed by atoms with Gasteiger partial charge in [-0.3, -0.25) is 9.59 Å². The van der Waals surface area contributed by atoms with Gasteiger partial charge in [-0.25, -0.2) is 19.0 Å². The molecule has 0 aliphatic carbocycles. The third-order valence-electron chi connectivity index (χ3n) is 6.01. The van der Waals surface area contributed by atoms with Crippen LogP contribution in [-0.4, -0.2) is 67.5 Å². The van der Waals surface area contributed by atoms with E-state index in [1.54, 1.807) is 14.5 Å². The van der Waals surface area contributed by atoms with Gasteiger partial charge in [0.05, 0.1) is 22.7 Å². The Morgan fingerprint density at radius 3 is 2.21 bits per heavy atom. The minimum Gasteiger partial charge on any atom is -0.339 e. The molecule has 1 fully saturated rings. The summed E-state index contributed by atoms with van der Waals surface area (Å²) in [4.78, 5) is 38.2. The van der Waals surface area contributed by atoms with Gasteiger partial charge in [0.25, 0.3) is 11.9 Å². The first-order valence-electron chi connectivity index (χ1n) is 11.0. The molecular weight excluding hydrogens is 459 g/mol. The highest BCUT2D eigenvalue weighted by atomic mass is 35.5. The molecule has 0 atom stereocenters. The Balaban J connectivity index is 1.42. The standard InChI is InChI=1S/C24H26ClFN6O2/c1-14-11-15(2)28-24(27-14)32-17(4)20(16(3)29-32)13-22(33)30-7-9-31(10-8-30)23(34)19-6-5-18(26)12-21(19)25/h5-6,11-12H,7-10,13H2,1-4H3. The first kappa shape index (κ1) is 23.8. The second-order valence-corrected chi connectivity index (χ2v) is 8.89. The highest BCUT2D eigenvalue weighted by molar-refractivity contribution is 6.33. The summed E-state index contributed by atoms with van der Waals surface area (Å²) in [6.45, 7) is 9.18. The van der Waals surface area contributed by atoms with Crippen molar-refractivity contribution in [2.75, 3.05) is 26.2 Å². The molecule has 10 heteroatoms. The Kier molecular flexibility index (Phi) is 6.65. The molecule has 0 unspecified atom stereocenters. The number of aryl methyl sites for hydroxylation is 3. The number of nitrogens with zero attached hydrogens (tertiary/aromatic N) is 6. The predicted molar refractivity (Wildman–Crippen MR) is 126 cm³/mol. The van der Waals surface area contributed by atoms with Gasteiger partial charge in [-0.2, -0.15) is 5.10 Å². The molecule has 34 heavy (non-hydrogen) atoms. The first-order chi connectivity index (χ1) is 16.1. The van der Waals surface area contributed by atoms with Gasteiger partial charge in [-0.15, -0.1) is 0 Å². The molecular formula is C24H26ClFN6O2. The predicted octanol–water partition coefficient (Wildman–Crippen LogP) is 3.22. The maximum Gasteiger partial charge on any atom is 0.255 e. The molecule has 8 nitrogen and oxygen atoms in total. The smallest absolute Gasteiger partial charge is 0.255 e. The number of piperazine rings is 1. The molecule has 178 valence electrons. The fourth-order valence-electron chi connectivity index (χ4n) is 4.18. The molecule has 1 aromatic carbocycles. The minimum absolute atomic E-state index is 0.0287. The van der Waals surface area contributed by atoms with Crippen molar-refractivity contribution in [3.8, 4) is 5.95 Å². The van der Waals surface area contributed by atoms with Crippen molar-refractivity contribution in [1.29, 1.82) is 0 Å². The normalized spacial score (nSPS) is 13.9. The van der Waals surface area contributed by atoms with Crippen molar-refractivity contribution in [2.45, 2.75) is 34.1 Å². The molecule has 1 saturated heterocycles. The molecule has 1 aliphatic rings. The number of benzene rings is 1. The van der Waals surface area contributed by atoms with Crippen molar-refractivity contribution in [1.82, 2.24) is 29.5 Å². The van der Waals surface area contributed by atoms with Crippen LogP contribution in [0.15, 0.2) is 24.3 Å². The second kappa shape index (κ2) is 9.50. The van der Waals surface area contributed by atoms with E-state index in [0.29, 0.717) is 32.1 Å². The largest absolute Gasteiger partial charge is 0.339 e. The topological polar surface area (TPSA) is 84.2 Å². The quantitative estimate of drug-likeness (QED) is 0.567. The van der Waals surface area contributed by atoms with Gasteiger partial charge in [0, 0.05) is 48.8 Å². The number of aromatic nitrogens is 4. The maximum atomic E-state index is 13.3. The zero-order valence-corrected chi connectivity index (χ0v) is 20.4. The van der Waals surface area contributed by atoms with E-state index in [-0.39, 0.29) is 28.8 Å². The summed E-state index contributed by atoms with van der Waals surface area (Å²) in [5.74, 6) is -0.295. The summed E-state index contributed by atoms with van der Waals surface area (Å²) < 4.78 is 15.0. The third-order valence-corrected chi connectivity index (χ3v) is 6.32. The SMILES string of the molecule is Cc1cc(C)nc(-n2nc(C)c(CC(=O)N3CCN(C(=O)c4ccc(F)cc4Cl)CC3)c2C)n1. The monoisotopic (exact) mass is 484 g/mol. The molecule has 3 aromatic rings. The van der Waals surface area contributed by atoms with Crippen molar-refractivity contribution in [3.63, 3.8) is 0 Å². The molecule has 2 amide bonds. The summed E-state index contributed by atoms with van der Waals surface area (Å²) in [6.07, 6.45) is 0.209. The summed E-state index contributed by atoms with van der Waals surface area (Å²) >= 11 is 6.04. The van der Waals surface area contributed by atoms with E-state index in [4.69, 9.17) is 11.6 Å². The molecule has 1 aliphatic heterocycles. The molecule has 0 radical (unpaired) electrons. The Hall–Kier alpha value is -3.33. The number of carbonyl (C=O) groups is 2. The average molecular weight is 485 g/mol. The number of hydrogen-bond donors (Lipinski definition) is 0. The lowest BCUT2D eigenvalue weighted by atomic mass is 10.1. The van der Waals surface area contributed by atoms with Crippen LogP contribution in [0.1, 0.15) is 38.7 Å². The molecule has 0 N–H and O–H groups in total. The number of rotatable bonds is 4. The zero-order valence-electron chi connectivity index (χ0n) is 19.6. The minimum atomic E-state index is -0.491. The molecule has 4 rings (SSSR count). The van der Waals surface area contributed by atoms with Crippen LogP contribution in [0, 0.1) is 33.5 Å². The lowest BCUT2D eigenvalue weighted by Crippen LogP contribution is -2.51. The molecule has 0 spiro atoms. The number of amides is 2. The summed E-state index contributed by atoms with van der Waals surface area (Å²) in [5.41, 5.74) is 4.40. The molecule has 0 saturated carbocycles. The lowest BCUT2D eigenvalue weighted by Gasteiger charge is -2.35. The number of halogens is 2. The van der Waals surface area contributed by atoms with E-state index in [2.05, 4.69) is 15.1 Å². The van der Waals surface area contributed by atoms with E-state index < -0.39 is 5.82 Å². The Labute approximate surface area is 202 Å². The lowest BCUT2D eigenvalue weighted by molar-refractivity contribution is -0.131. The zero-order chi connectivity index (χ0) is 24.6. The number of hydrogen-bond acceptors (Lipinski definition) is 5. The van der Waals surface area contributed by atoms with E-state index in [9.17, 15) is 14.0 Å². The highest BCUT2D eigenvalue weighted by Gasteiger charge is 2.27. The van der Waals surface area contributed by atoms with Gasteiger partial charge < -0.3 is 9.80 Å². The van der Waals surface area contributed by atoms with Crippen molar-refractivity contribution in [3.05, 3.63) is 69.0 Å². The van der Waals surface area contributed by atoms with Crippen LogP contribution in [0.2, 0.25) is 5.02 Å². The average Bonchev–Trinajstić information content (AvgIpc) is 3.06. The maximum absolute atomic E-state index is 13.3. The van der Waals surface area contributed by atoms with Crippen LogP contribution in [0.5, 0.6) is 0 Å². The van der Waals surface area contributed by atoms with Gasteiger partial charge in [0.2, 0.25) is 5.91 Å². The molecule has 3 heterocycles. The van der Waals surface area contributed by atoms with Gasteiger partial charge in [-0.05, 0) is 52.0 Å². The molecule has 2 aromatic heterocycles.